The summed E-state index contributed by atoms with van der Waals surface area (Å²) < 4.78 is 33.1. The highest BCUT2D eigenvalue weighted by Crippen LogP contribution is 2.28. The molecule has 5 nitrogen and oxygen atoms in total. The van der Waals surface area contributed by atoms with Crippen LogP contribution in [0.25, 0.3) is 0 Å². The van der Waals surface area contributed by atoms with E-state index in [0.717, 1.165) is 18.4 Å². The first kappa shape index (κ1) is 21.1. The number of esters is 1. The van der Waals surface area contributed by atoms with Gasteiger partial charge in [0.15, 0.2) is 0 Å². The van der Waals surface area contributed by atoms with Crippen molar-refractivity contribution in [3.05, 3.63) is 71.3 Å². The Morgan fingerprint density at radius 2 is 1.59 bits per heavy atom. The maximum absolute atomic E-state index is 12.8. The quantitative estimate of drug-likeness (QED) is 0.656. The molecule has 0 fully saturated rings. The van der Waals surface area contributed by atoms with Gasteiger partial charge in [0.1, 0.15) is 0 Å². The van der Waals surface area contributed by atoms with Crippen molar-refractivity contribution in [2.24, 2.45) is 5.92 Å². The van der Waals surface area contributed by atoms with Gasteiger partial charge in [-0.15, -0.1) is 0 Å². The number of carbonyl (C=O) groups excluding carboxylic acids is 1. The monoisotopic (exact) mass is 389 g/mol. The molecule has 0 aliphatic heterocycles. The van der Waals surface area contributed by atoms with Gasteiger partial charge in [-0.25, -0.2) is 17.9 Å². The number of hydrogen-bond acceptors (Lipinski definition) is 4. The third kappa shape index (κ3) is 5.91. The van der Waals surface area contributed by atoms with Crippen molar-refractivity contribution in [2.75, 3.05) is 7.11 Å². The van der Waals surface area contributed by atoms with Crippen molar-refractivity contribution in [3.63, 3.8) is 0 Å². The molecule has 146 valence electrons. The fraction of sp³-hybridized carbons (Fsp3) is 0.381. The molecule has 1 unspecified atom stereocenters. The minimum atomic E-state index is -3.55. The number of nitrogens with one attached hydrogen (secondary N) is 1. The van der Waals surface area contributed by atoms with Crippen LogP contribution in [0.1, 0.15) is 54.2 Å². The molecule has 0 saturated carbocycles. The summed E-state index contributed by atoms with van der Waals surface area (Å²) in [6, 6.07) is 15.8. The van der Waals surface area contributed by atoms with Gasteiger partial charge in [-0.3, -0.25) is 0 Å². The molecule has 0 amide bonds. The highest BCUT2D eigenvalue weighted by Gasteiger charge is 2.25. The third-order valence-electron chi connectivity index (χ3n) is 4.72. The first-order chi connectivity index (χ1) is 12.9. The summed E-state index contributed by atoms with van der Waals surface area (Å²) in [6.07, 6.45) is 1.76. The van der Waals surface area contributed by atoms with Crippen LogP contribution >= 0.6 is 0 Å². The smallest absolute Gasteiger partial charge is 0.337 e. The van der Waals surface area contributed by atoms with Crippen molar-refractivity contribution >= 4 is 16.0 Å². The molecule has 0 saturated heterocycles. The van der Waals surface area contributed by atoms with Gasteiger partial charge < -0.3 is 4.74 Å². The van der Waals surface area contributed by atoms with Crippen LogP contribution in [0.5, 0.6) is 0 Å². The van der Waals surface area contributed by atoms with Crippen molar-refractivity contribution in [1.29, 1.82) is 0 Å². The molecule has 27 heavy (non-hydrogen) atoms. The lowest BCUT2D eigenvalue weighted by molar-refractivity contribution is 0.0600. The van der Waals surface area contributed by atoms with Gasteiger partial charge in [-0.05, 0) is 29.2 Å². The summed E-state index contributed by atoms with van der Waals surface area (Å²) >= 11 is 0. The number of rotatable bonds is 9. The largest absolute Gasteiger partial charge is 0.465 e. The van der Waals surface area contributed by atoms with Gasteiger partial charge in [0.25, 0.3) is 0 Å². The summed E-state index contributed by atoms with van der Waals surface area (Å²) in [5, 5.41) is 0. The molecule has 0 aliphatic rings. The van der Waals surface area contributed by atoms with E-state index in [-0.39, 0.29) is 17.7 Å². The topological polar surface area (TPSA) is 72.5 Å². The Labute approximate surface area is 161 Å². The Morgan fingerprint density at radius 3 is 2.11 bits per heavy atom. The molecule has 1 N–H and O–H groups in total. The molecule has 6 heteroatoms. The lowest BCUT2D eigenvalue weighted by Gasteiger charge is -2.26. The van der Waals surface area contributed by atoms with Crippen LogP contribution in [0, 0.1) is 5.92 Å². The van der Waals surface area contributed by atoms with E-state index in [9.17, 15) is 13.2 Å². The third-order valence-corrected chi connectivity index (χ3v) is 6.04. The van der Waals surface area contributed by atoms with Crippen LogP contribution in [0.2, 0.25) is 0 Å². The van der Waals surface area contributed by atoms with E-state index in [1.165, 1.54) is 7.11 Å². The summed E-state index contributed by atoms with van der Waals surface area (Å²) in [5.74, 6) is -0.373. The molecule has 0 aromatic heterocycles. The molecule has 0 radical (unpaired) electrons. The first-order valence-electron chi connectivity index (χ1n) is 9.12. The zero-order valence-corrected chi connectivity index (χ0v) is 16.8. The van der Waals surface area contributed by atoms with Gasteiger partial charge in [0.2, 0.25) is 10.0 Å². The Bertz CT molecular complexity index is 828. The van der Waals surface area contributed by atoms with E-state index in [0.29, 0.717) is 11.1 Å². The Morgan fingerprint density at radius 1 is 1.00 bits per heavy atom. The van der Waals surface area contributed by atoms with E-state index >= 15 is 0 Å². The van der Waals surface area contributed by atoms with Crippen LogP contribution < -0.4 is 4.72 Å². The first-order valence-corrected chi connectivity index (χ1v) is 10.8. The number of methoxy groups -OCH3 is 1. The van der Waals surface area contributed by atoms with E-state index in [4.69, 9.17) is 0 Å². The van der Waals surface area contributed by atoms with Crippen molar-refractivity contribution < 1.29 is 17.9 Å². The highest BCUT2D eigenvalue weighted by molar-refractivity contribution is 7.88. The molecule has 0 spiro atoms. The standard InChI is InChI=1S/C21H27NO4S/c1-4-17(5-2)20(18-9-7-6-8-10-18)22-27(24,25)15-16-11-13-19(14-12-16)21(23)26-3/h6-14,17,20,22H,4-5,15H2,1-3H3. The number of carbonyl (C=O) groups is 1. The number of sulfonamides is 1. The average Bonchev–Trinajstić information content (AvgIpc) is 2.68. The van der Waals surface area contributed by atoms with Crippen molar-refractivity contribution in [3.8, 4) is 0 Å². The van der Waals surface area contributed by atoms with Crippen LogP contribution in [-0.2, 0) is 20.5 Å². The molecule has 1 atom stereocenters. The Hall–Kier alpha value is -2.18. The Kier molecular flexibility index (Phi) is 7.56. The maximum Gasteiger partial charge on any atom is 0.337 e. The van der Waals surface area contributed by atoms with E-state index in [1.807, 2.05) is 30.3 Å². The molecule has 2 aromatic carbocycles. The number of ether oxygens (including phenoxy) is 1. The molecule has 2 rings (SSSR count). The van der Waals surface area contributed by atoms with Gasteiger partial charge in [0.05, 0.1) is 18.4 Å². The zero-order valence-electron chi connectivity index (χ0n) is 16.0. The van der Waals surface area contributed by atoms with Gasteiger partial charge in [0, 0.05) is 6.04 Å². The van der Waals surface area contributed by atoms with Gasteiger partial charge in [-0.1, -0.05) is 69.2 Å². The number of benzene rings is 2. The lowest BCUT2D eigenvalue weighted by Crippen LogP contribution is -2.34. The van der Waals surface area contributed by atoms with E-state index < -0.39 is 16.0 Å². The SMILES string of the molecule is CCC(CC)C(NS(=O)(=O)Cc1ccc(C(=O)OC)cc1)c1ccccc1. The molecule has 0 heterocycles. The maximum atomic E-state index is 12.8. The minimum absolute atomic E-state index is 0.141. The Balaban J connectivity index is 2.19. The average molecular weight is 390 g/mol. The predicted molar refractivity (Wildman–Crippen MR) is 107 cm³/mol. The normalized spacial score (nSPS) is 12.7. The highest BCUT2D eigenvalue weighted by atomic mass is 32.2. The van der Waals surface area contributed by atoms with Crippen molar-refractivity contribution in [2.45, 2.75) is 38.5 Å². The van der Waals surface area contributed by atoms with E-state index in [2.05, 4.69) is 23.3 Å². The fourth-order valence-electron chi connectivity index (χ4n) is 3.17. The second-order valence-electron chi connectivity index (χ2n) is 6.53. The molecule has 0 bridgehead atoms. The predicted octanol–water partition coefficient (Wildman–Crippen LogP) is 4.07. The van der Waals surface area contributed by atoms with Crippen molar-refractivity contribution in [1.82, 2.24) is 4.72 Å². The van der Waals surface area contributed by atoms with Gasteiger partial charge in [-0.2, -0.15) is 0 Å². The van der Waals surface area contributed by atoms with Crippen LogP contribution in [0.4, 0.5) is 0 Å². The van der Waals surface area contributed by atoms with Crippen LogP contribution in [0.3, 0.4) is 0 Å². The summed E-state index contributed by atoms with van der Waals surface area (Å²) in [4.78, 5) is 11.5. The van der Waals surface area contributed by atoms with Gasteiger partial charge >= 0.3 is 5.97 Å². The summed E-state index contributed by atoms with van der Waals surface area (Å²) in [6.45, 7) is 4.15. The minimum Gasteiger partial charge on any atom is -0.465 e. The second-order valence-corrected chi connectivity index (χ2v) is 8.28. The fourth-order valence-corrected chi connectivity index (χ4v) is 4.60. The molecule has 0 aliphatic carbocycles. The summed E-state index contributed by atoms with van der Waals surface area (Å²) in [7, 11) is -2.24. The number of hydrogen-bond donors (Lipinski definition) is 1. The van der Waals surface area contributed by atoms with Crippen LogP contribution in [0.15, 0.2) is 54.6 Å². The lowest BCUT2D eigenvalue weighted by atomic mass is 9.90. The van der Waals surface area contributed by atoms with Crippen LogP contribution in [-0.4, -0.2) is 21.5 Å². The molecular formula is C21H27NO4S. The van der Waals surface area contributed by atoms with E-state index in [1.54, 1.807) is 24.3 Å². The molecular weight excluding hydrogens is 362 g/mol. The second kappa shape index (κ2) is 9.67. The zero-order chi connectivity index (χ0) is 19.9. The summed E-state index contributed by atoms with van der Waals surface area (Å²) in [5.41, 5.74) is 1.98. The molecule has 2 aromatic rings.